The zero-order valence-corrected chi connectivity index (χ0v) is 16.6. The smallest absolute Gasteiger partial charge is 0.300 e. The topological polar surface area (TPSA) is 57.6 Å². The lowest BCUT2D eigenvalue weighted by Crippen LogP contribution is -2.29. The van der Waals surface area contributed by atoms with E-state index in [9.17, 15) is 19.1 Å². The molecule has 0 radical (unpaired) electrons. The molecule has 1 aliphatic heterocycles. The van der Waals surface area contributed by atoms with Crippen molar-refractivity contribution in [2.75, 3.05) is 4.90 Å². The van der Waals surface area contributed by atoms with E-state index in [0.29, 0.717) is 15.7 Å². The predicted octanol–water partition coefficient (Wildman–Crippen LogP) is 5.21. The number of hydrogen-bond acceptors (Lipinski definition) is 3. The molecule has 1 atom stereocenters. The molecular formula is C23H15BrFNO3. The molecule has 4 nitrogen and oxygen atoms in total. The van der Waals surface area contributed by atoms with Gasteiger partial charge in [0.2, 0.25) is 0 Å². The first-order valence-electron chi connectivity index (χ1n) is 8.85. The third kappa shape index (κ3) is 3.36. The molecule has 3 aromatic rings. The molecule has 0 bridgehead atoms. The van der Waals surface area contributed by atoms with Gasteiger partial charge in [-0.3, -0.25) is 14.5 Å². The van der Waals surface area contributed by atoms with Crippen molar-refractivity contribution in [2.45, 2.75) is 6.04 Å². The molecule has 29 heavy (non-hydrogen) atoms. The number of carbonyl (C=O) groups is 2. The quantitative estimate of drug-likeness (QED) is 0.337. The van der Waals surface area contributed by atoms with Crippen molar-refractivity contribution in [1.29, 1.82) is 0 Å². The van der Waals surface area contributed by atoms with Crippen LogP contribution in [-0.4, -0.2) is 16.8 Å². The standard InChI is InChI=1S/C23H15BrFNO3/c24-15-9-6-10-16(13-15)26-20(17-11-4-5-12-18(17)25)19(22(28)23(26)29)21(27)14-7-2-1-3-8-14/h1-13,20,27H/b21-19+/t20-/m1/s1. The molecule has 6 heteroatoms. The summed E-state index contributed by atoms with van der Waals surface area (Å²) in [6, 6.07) is 20.1. The van der Waals surface area contributed by atoms with Crippen molar-refractivity contribution in [1.82, 2.24) is 0 Å². The van der Waals surface area contributed by atoms with Gasteiger partial charge < -0.3 is 5.11 Å². The van der Waals surface area contributed by atoms with E-state index in [4.69, 9.17) is 0 Å². The van der Waals surface area contributed by atoms with Gasteiger partial charge in [0, 0.05) is 21.3 Å². The lowest BCUT2D eigenvalue weighted by molar-refractivity contribution is -0.132. The molecule has 0 spiro atoms. The maximum absolute atomic E-state index is 14.7. The summed E-state index contributed by atoms with van der Waals surface area (Å²) in [5, 5.41) is 10.9. The molecule has 1 saturated heterocycles. The van der Waals surface area contributed by atoms with Gasteiger partial charge >= 0.3 is 0 Å². The van der Waals surface area contributed by atoms with E-state index in [-0.39, 0.29) is 16.9 Å². The lowest BCUT2D eigenvalue weighted by atomic mass is 9.95. The van der Waals surface area contributed by atoms with Crippen LogP contribution < -0.4 is 4.90 Å². The Kier molecular flexibility index (Phi) is 5.03. The van der Waals surface area contributed by atoms with Crippen LogP contribution in [0.1, 0.15) is 17.2 Å². The Morgan fingerprint density at radius 1 is 0.931 bits per heavy atom. The number of benzene rings is 3. The van der Waals surface area contributed by atoms with Crippen LogP contribution in [0.2, 0.25) is 0 Å². The second kappa shape index (κ2) is 7.64. The number of rotatable bonds is 3. The van der Waals surface area contributed by atoms with Crippen LogP contribution in [0.4, 0.5) is 10.1 Å². The second-order valence-corrected chi connectivity index (χ2v) is 7.45. The summed E-state index contributed by atoms with van der Waals surface area (Å²) in [5.41, 5.74) is 0.776. The summed E-state index contributed by atoms with van der Waals surface area (Å²) in [5.74, 6) is -2.60. The van der Waals surface area contributed by atoms with Crippen molar-refractivity contribution < 1.29 is 19.1 Å². The summed E-state index contributed by atoms with van der Waals surface area (Å²) in [6.07, 6.45) is 0. The normalized spacial score (nSPS) is 18.3. The number of halogens is 2. The average Bonchev–Trinajstić information content (AvgIpc) is 2.99. The zero-order chi connectivity index (χ0) is 20.5. The van der Waals surface area contributed by atoms with Crippen molar-refractivity contribution >= 4 is 39.1 Å². The first kappa shape index (κ1) is 19.1. The Morgan fingerprint density at radius 3 is 2.31 bits per heavy atom. The van der Waals surface area contributed by atoms with Crippen LogP contribution in [-0.2, 0) is 9.59 Å². The number of amides is 1. The largest absolute Gasteiger partial charge is 0.507 e. The van der Waals surface area contributed by atoms with Crippen LogP contribution in [0.15, 0.2) is 88.9 Å². The van der Waals surface area contributed by atoms with E-state index in [0.717, 1.165) is 0 Å². The van der Waals surface area contributed by atoms with E-state index in [2.05, 4.69) is 15.9 Å². The Labute approximate surface area is 175 Å². The fraction of sp³-hybridized carbons (Fsp3) is 0.0435. The third-order valence-electron chi connectivity index (χ3n) is 4.78. The first-order chi connectivity index (χ1) is 14.0. The zero-order valence-electron chi connectivity index (χ0n) is 15.0. The van der Waals surface area contributed by atoms with Crippen LogP contribution >= 0.6 is 15.9 Å². The molecule has 1 fully saturated rings. The van der Waals surface area contributed by atoms with Crippen LogP contribution in [0.5, 0.6) is 0 Å². The molecule has 4 rings (SSSR count). The summed E-state index contributed by atoms with van der Waals surface area (Å²) in [4.78, 5) is 27.1. The summed E-state index contributed by atoms with van der Waals surface area (Å²) < 4.78 is 15.4. The van der Waals surface area contributed by atoms with Crippen molar-refractivity contribution in [3.8, 4) is 0 Å². The SMILES string of the molecule is O=C1C(=O)N(c2cccc(Br)c2)[C@H](c2ccccc2F)/C1=C(\O)c1ccccc1. The Bertz CT molecular complexity index is 1140. The monoisotopic (exact) mass is 451 g/mol. The molecule has 1 heterocycles. The predicted molar refractivity (Wildman–Crippen MR) is 112 cm³/mol. The molecule has 0 aliphatic carbocycles. The number of anilines is 1. The van der Waals surface area contributed by atoms with Gasteiger partial charge in [-0.25, -0.2) is 4.39 Å². The highest BCUT2D eigenvalue weighted by Crippen LogP contribution is 2.43. The van der Waals surface area contributed by atoms with E-state index >= 15 is 0 Å². The van der Waals surface area contributed by atoms with Gasteiger partial charge in [0.25, 0.3) is 11.7 Å². The minimum absolute atomic E-state index is 0.129. The second-order valence-electron chi connectivity index (χ2n) is 6.54. The molecule has 3 aromatic carbocycles. The molecule has 0 aromatic heterocycles. The van der Waals surface area contributed by atoms with Gasteiger partial charge in [0.05, 0.1) is 11.6 Å². The van der Waals surface area contributed by atoms with Crippen LogP contribution in [0.25, 0.3) is 5.76 Å². The summed E-state index contributed by atoms with van der Waals surface area (Å²) in [6.45, 7) is 0. The molecule has 1 N–H and O–H groups in total. The fourth-order valence-corrected chi connectivity index (χ4v) is 3.85. The van der Waals surface area contributed by atoms with Gasteiger partial charge in [-0.05, 0) is 24.3 Å². The Balaban J connectivity index is 1.99. The number of aliphatic hydroxyl groups excluding tert-OH is 1. The molecule has 1 aliphatic rings. The number of ketones is 1. The van der Waals surface area contributed by atoms with Gasteiger partial charge in [0.1, 0.15) is 11.6 Å². The molecule has 144 valence electrons. The molecule has 1 amide bonds. The maximum Gasteiger partial charge on any atom is 0.300 e. The van der Waals surface area contributed by atoms with Crippen molar-refractivity contribution in [3.05, 3.63) is 106 Å². The van der Waals surface area contributed by atoms with Crippen LogP contribution in [0, 0.1) is 5.82 Å². The number of Topliss-reactive ketones (excluding diaryl/α,β-unsaturated/α-hetero) is 1. The first-order valence-corrected chi connectivity index (χ1v) is 9.64. The summed E-state index contributed by atoms with van der Waals surface area (Å²) >= 11 is 3.36. The van der Waals surface area contributed by atoms with Gasteiger partial charge in [-0.1, -0.05) is 70.5 Å². The fourth-order valence-electron chi connectivity index (χ4n) is 3.47. The lowest BCUT2D eigenvalue weighted by Gasteiger charge is -2.25. The van der Waals surface area contributed by atoms with E-state index < -0.39 is 23.5 Å². The highest BCUT2D eigenvalue weighted by Gasteiger charge is 2.47. The maximum atomic E-state index is 14.7. The molecule has 0 unspecified atom stereocenters. The van der Waals surface area contributed by atoms with E-state index in [1.165, 1.54) is 23.1 Å². The van der Waals surface area contributed by atoms with Crippen molar-refractivity contribution in [3.63, 3.8) is 0 Å². The third-order valence-corrected chi connectivity index (χ3v) is 5.27. The van der Waals surface area contributed by atoms with Crippen LogP contribution in [0.3, 0.4) is 0 Å². The Hall–Kier alpha value is -3.25. The molecule has 0 saturated carbocycles. The number of hydrogen-bond donors (Lipinski definition) is 1. The van der Waals surface area contributed by atoms with E-state index in [1.807, 2.05) is 0 Å². The van der Waals surface area contributed by atoms with Crippen molar-refractivity contribution in [2.24, 2.45) is 0 Å². The average molecular weight is 452 g/mol. The number of nitrogens with zero attached hydrogens (tertiary/aromatic N) is 1. The number of aliphatic hydroxyl groups is 1. The highest BCUT2D eigenvalue weighted by atomic mass is 79.9. The van der Waals surface area contributed by atoms with Gasteiger partial charge in [-0.2, -0.15) is 0 Å². The van der Waals surface area contributed by atoms with Gasteiger partial charge in [0.15, 0.2) is 0 Å². The van der Waals surface area contributed by atoms with Gasteiger partial charge in [-0.15, -0.1) is 0 Å². The molecular weight excluding hydrogens is 437 g/mol. The highest BCUT2D eigenvalue weighted by molar-refractivity contribution is 9.10. The Morgan fingerprint density at radius 2 is 1.62 bits per heavy atom. The van der Waals surface area contributed by atoms with E-state index in [1.54, 1.807) is 60.7 Å². The number of carbonyl (C=O) groups excluding carboxylic acids is 2. The minimum atomic E-state index is -1.09. The summed E-state index contributed by atoms with van der Waals surface area (Å²) in [7, 11) is 0. The minimum Gasteiger partial charge on any atom is -0.507 e.